The Hall–Kier alpha value is -1.85. The summed E-state index contributed by atoms with van der Waals surface area (Å²) < 4.78 is 2.27. The van der Waals surface area contributed by atoms with Gasteiger partial charge in [-0.25, -0.2) is 4.79 Å². The standard InChI is InChI=1S/C14H9BrClN3O/c15-10-4-6-12(7-5-10)19-14(20)17-13(18-19)9-2-1-3-11(16)8-9/h1-8H,(H,17,18,20). The Kier molecular flexibility index (Phi) is 3.46. The molecule has 0 saturated heterocycles. The predicted octanol–water partition coefficient (Wildman–Crippen LogP) is 3.64. The van der Waals surface area contributed by atoms with Gasteiger partial charge in [-0.3, -0.25) is 4.98 Å². The van der Waals surface area contributed by atoms with Crippen LogP contribution in [0, 0.1) is 0 Å². The van der Waals surface area contributed by atoms with Crippen LogP contribution in [0.3, 0.4) is 0 Å². The van der Waals surface area contributed by atoms with Crippen LogP contribution in [0.25, 0.3) is 17.1 Å². The van der Waals surface area contributed by atoms with Crippen LogP contribution < -0.4 is 5.69 Å². The molecule has 1 heterocycles. The molecule has 0 atom stereocenters. The monoisotopic (exact) mass is 349 g/mol. The van der Waals surface area contributed by atoms with Crippen LogP contribution in [0.1, 0.15) is 0 Å². The third kappa shape index (κ3) is 2.55. The maximum atomic E-state index is 12.0. The van der Waals surface area contributed by atoms with Gasteiger partial charge in [0.05, 0.1) is 5.69 Å². The Morgan fingerprint density at radius 3 is 2.60 bits per heavy atom. The van der Waals surface area contributed by atoms with Gasteiger partial charge in [0, 0.05) is 15.1 Å². The number of aromatic amines is 1. The number of H-pyrrole nitrogens is 1. The van der Waals surface area contributed by atoms with Crippen LogP contribution in [0.15, 0.2) is 57.8 Å². The summed E-state index contributed by atoms with van der Waals surface area (Å²) in [5.74, 6) is 0.486. The zero-order valence-electron chi connectivity index (χ0n) is 10.2. The lowest BCUT2D eigenvalue weighted by Crippen LogP contribution is -2.15. The van der Waals surface area contributed by atoms with E-state index in [1.54, 1.807) is 12.1 Å². The molecule has 0 aliphatic heterocycles. The molecule has 0 spiro atoms. The van der Waals surface area contributed by atoms with E-state index in [1.165, 1.54) is 4.68 Å². The minimum Gasteiger partial charge on any atom is -0.288 e. The maximum Gasteiger partial charge on any atom is 0.348 e. The van der Waals surface area contributed by atoms with Crippen molar-refractivity contribution >= 4 is 27.5 Å². The zero-order chi connectivity index (χ0) is 14.1. The van der Waals surface area contributed by atoms with Crippen molar-refractivity contribution < 1.29 is 0 Å². The zero-order valence-corrected chi connectivity index (χ0v) is 12.5. The molecule has 0 unspecified atom stereocenters. The van der Waals surface area contributed by atoms with E-state index in [9.17, 15) is 4.79 Å². The Labute approximate surface area is 128 Å². The summed E-state index contributed by atoms with van der Waals surface area (Å²) in [5.41, 5.74) is 1.18. The second-order valence-corrected chi connectivity index (χ2v) is 5.53. The van der Waals surface area contributed by atoms with Crippen molar-refractivity contribution in [3.8, 4) is 17.1 Å². The highest BCUT2D eigenvalue weighted by molar-refractivity contribution is 9.10. The SMILES string of the molecule is O=c1[nH]c(-c2cccc(Cl)c2)nn1-c1ccc(Br)cc1. The van der Waals surface area contributed by atoms with Crippen LogP contribution in [0.2, 0.25) is 5.02 Å². The third-order valence-corrected chi connectivity index (χ3v) is 3.55. The molecule has 0 saturated carbocycles. The molecule has 0 bridgehead atoms. The lowest BCUT2D eigenvalue weighted by Gasteiger charge is -1.99. The average Bonchev–Trinajstić information content (AvgIpc) is 2.82. The first-order valence-electron chi connectivity index (χ1n) is 5.85. The molecule has 1 N–H and O–H groups in total. The van der Waals surface area contributed by atoms with Crippen LogP contribution in [0.4, 0.5) is 0 Å². The van der Waals surface area contributed by atoms with E-state index in [1.807, 2.05) is 36.4 Å². The molecule has 1 aromatic heterocycles. The molecule has 0 amide bonds. The van der Waals surface area contributed by atoms with Gasteiger partial charge >= 0.3 is 5.69 Å². The van der Waals surface area contributed by atoms with Crippen molar-refractivity contribution in [2.45, 2.75) is 0 Å². The number of rotatable bonds is 2. The summed E-state index contributed by atoms with van der Waals surface area (Å²) in [6.45, 7) is 0. The summed E-state index contributed by atoms with van der Waals surface area (Å²) in [4.78, 5) is 14.7. The summed E-state index contributed by atoms with van der Waals surface area (Å²) >= 11 is 9.30. The highest BCUT2D eigenvalue weighted by Gasteiger charge is 2.09. The van der Waals surface area contributed by atoms with Crippen molar-refractivity contribution in [2.75, 3.05) is 0 Å². The predicted molar refractivity (Wildman–Crippen MR) is 82.3 cm³/mol. The van der Waals surface area contributed by atoms with Crippen LogP contribution in [0.5, 0.6) is 0 Å². The van der Waals surface area contributed by atoms with Gasteiger partial charge in [-0.2, -0.15) is 4.68 Å². The number of hydrogen-bond acceptors (Lipinski definition) is 2. The van der Waals surface area contributed by atoms with Gasteiger partial charge in [-0.15, -0.1) is 5.10 Å². The van der Waals surface area contributed by atoms with Crippen molar-refractivity contribution in [2.24, 2.45) is 0 Å². The number of nitrogens with zero attached hydrogens (tertiary/aromatic N) is 2. The minimum absolute atomic E-state index is 0.290. The molecule has 0 radical (unpaired) electrons. The Balaban J connectivity index is 2.07. The third-order valence-electron chi connectivity index (χ3n) is 2.79. The first-order valence-corrected chi connectivity index (χ1v) is 7.02. The van der Waals surface area contributed by atoms with Crippen molar-refractivity contribution in [1.82, 2.24) is 14.8 Å². The van der Waals surface area contributed by atoms with Gasteiger partial charge in [0.2, 0.25) is 0 Å². The Morgan fingerprint density at radius 1 is 1.15 bits per heavy atom. The molecule has 3 aromatic rings. The van der Waals surface area contributed by atoms with E-state index < -0.39 is 0 Å². The van der Waals surface area contributed by atoms with Crippen molar-refractivity contribution in [1.29, 1.82) is 0 Å². The smallest absolute Gasteiger partial charge is 0.288 e. The van der Waals surface area contributed by atoms with E-state index in [-0.39, 0.29) is 5.69 Å². The fourth-order valence-corrected chi connectivity index (χ4v) is 2.30. The van der Waals surface area contributed by atoms with Crippen molar-refractivity contribution in [3.63, 3.8) is 0 Å². The van der Waals surface area contributed by atoms with Gasteiger partial charge in [0.15, 0.2) is 5.82 Å². The molecule has 20 heavy (non-hydrogen) atoms. The maximum absolute atomic E-state index is 12.0. The molecule has 4 nitrogen and oxygen atoms in total. The molecule has 2 aromatic carbocycles. The number of nitrogens with one attached hydrogen (secondary N) is 1. The second-order valence-electron chi connectivity index (χ2n) is 4.18. The lowest BCUT2D eigenvalue weighted by molar-refractivity contribution is 0.844. The summed E-state index contributed by atoms with van der Waals surface area (Å²) in [6, 6.07) is 14.5. The van der Waals surface area contributed by atoms with Crippen LogP contribution in [-0.2, 0) is 0 Å². The van der Waals surface area contributed by atoms with Gasteiger partial charge in [-0.1, -0.05) is 39.7 Å². The minimum atomic E-state index is -0.290. The van der Waals surface area contributed by atoms with Gasteiger partial charge in [0.1, 0.15) is 0 Å². The largest absolute Gasteiger partial charge is 0.348 e. The number of benzene rings is 2. The second kappa shape index (κ2) is 5.26. The summed E-state index contributed by atoms with van der Waals surface area (Å²) in [7, 11) is 0. The molecular formula is C14H9BrClN3O. The van der Waals surface area contributed by atoms with E-state index in [2.05, 4.69) is 26.0 Å². The lowest BCUT2D eigenvalue weighted by atomic mass is 10.2. The van der Waals surface area contributed by atoms with E-state index in [4.69, 9.17) is 11.6 Å². The fourth-order valence-electron chi connectivity index (χ4n) is 1.85. The van der Waals surface area contributed by atoms with Crippen LogP contribution in [-0.4, -0.2) is 14.8 Å². The van der Waals surface area contributed by atoms with Gasteiger partial charge in [0.25, 0.3) is 0 Å². The van der Waals surface area contributed by atoms with E-state index >= 15 is 0 Å². The summed E-state index contributed by atoms with van der Waals surface area (Å²) in [5, 5.41) is 4.89. The number of hydrogen-bond donors (Lipinski definition) is 1. The van der Waals surface area contributed by atoms with Crippen LogP contribution >= 0.6 is 27.5 Å². The van der Waals surface area contributed by atoms with Gasteiger partial charge < -0.3 is 0 Å². The molecule has 100 valence electrons. The summed E-state index contributed by atoms with van der Waals surface area (Å²) in [6.07, 6.45) is 0. The Morgan fingerprint density at radius 2 is 1.90 bits per heavy atom. The van der Waals surface area contributed by atoms with E-state index in [0.717, 1.165) is 10.0 Å². The first kappa shape index (κ1) is 13.1. The normalized spacial score (nSPS) is 10.7. The number of aromatic nitrogens is 3. The topological polar surface area (TPSA) is 50.7 Å². The highest BCUT2D eigenvalue weighted by atomic mass is 79.9. The highest BCUT2D eigenvalue weighted by Crippen LogP contribution is 2.19. The molecule has 0 fully saturated rings. The first-order chi connectivity index (χ1) is 9.63. The average molecular weight is 351 g/mol. The van der Waals surface area contributed by atoms with E-state index in [0.29, 0.717) is 16.5 Å². The van der Waals surface area contributed by atoms with Gasteiger partial charge in [-0.05, 0) is 36.4 Å². The molecule has 3 rings (SSSR count). The van der Waals surface area contributed by atoms with Crippen molar-refractivity contribution in [3.05, 3.63) is 68.5 Å². The number of halogens is 2. The quantitative estimate of drug-likeness (QED) is 0.767. The fraction of sp³-hybridized carbons (Fsp3) is 0. The molecule has 0 aliphatic rings. The molecular weight excluding hydrogens is 342 g/mol. The molecule has 6 heteroatoms. The Bertz CT molecular complexity index is 808. The molecule has 0 aliphatic carbocycles.